The standard InChI is InChI=1S/C12H21N5/c1-3-13-11-8-12(16-9-15-11)14-6-7-17(2)10-4-5-10/h8-10H,3-7H2,1-2H3,(H2,13,14,15,16). The summed E-state index contributed by atoms with van der Waals surface area (Å²) in [6, 6.07) is 2.76. The van der Waals surface area contributed by atoms with Gasteiger partial charge in [-0.25, -0.2) is 9.97 Å². The number of aromatic nitrogens is 2. The maximum atomic E-state index is 4.20. The number of hydrogen-bond donors (Lipinski definition) is 2. The molecule has 0 bridgehead atoms. The fraction of sp³-hybridized carbons (Fsp3) is 0.667. The predicted octanol–water partition coefficient (Wildman–Crippen LogP) is 1.41. The van der Waals surface area contributed by atoms with Crippen LogP contribution >= 0.6 is 0 Å². The van der Waals surface area contributed by atoms with Crippen LogP contribution in [0.4, 0.5) is 11.6 Å². The zero-order chi connectivity index (χ0) is 12.1. The van der Waals surface area contributed by atoms with Crippen molar-refractivity contribution in [3.05, 3.63) is 12.4 Å². The number of nitrogens with one attached hydrogen (secondary N) is 2. The van der Waals surface area contributed by atoms with E-state index in [9.17, 15) is 0 Å². The minimum atomic E-state index is 0.819. The molecule has 1 fully saturated rings. The molecule has 17 heavy (non-hydrogen) atoms. The third kappa shape index (κ3) is 3.85. The lowest BCUT2D eigenvalue weighted by Gasteiger charge is -2.16. The number of hydrogen-bond acceptors (Lipinski definition) is 5. The van der Waals surface area contributed by atoms with Gasteiger partial charge in [-0.15, -0.1) is 0 Å². The van der Waals surface area contributed by atoms with Crippen molar-refractivity contribution < 1.29 is 0 Å². The van der Waals surface area contributed by atoms with E-state index in [-0.39, 0.29) is 0 Å². The number of nitrogens with zero attached hydrogens (tertiary/aromatic N) is 3. The van der Waals surface area contributed by atoms with Gasteiger partial charge in [-0.1, -0.05) is 0 Å². The zero-order valence-electron chi connectivity index (χ0n) is 10.6. The summed E-state index contributed by atoms with van der Waals surface area (Å²) in [5.41, 5.74) is 0. The molecule has 5 nitrogen and oxygen atoms in total. The first kappa shape index (κ1) is 12.1. The Hall–Kier alpha value is -1.36. The first-order valence-corrected chi connectivity index (χ1v) is 6.29. The SMILES string of the molecule is CCNc1cc(NCCN(C)C2CC2)ncn1. The van der Waals surface area contributed by atoms with Crippen LogP contribution < -0.4 is 10.6 Å². The monoisotopic (exact) mass is 235 g/mol. The highest BCUT2D eigenvalue weighted by atomic mass is 15.2. The summed E-state index contributed by atoms with van der Waals surface area (Å²) in [4.78, 5) is 10.7. The molecule has 0 aromatic carbocycles. The van der Waals surface area contributed by atoms with Gasteiger partial charge < -0.3 is 15.5 Å². The summed E-state index contributed by atoms with van der Waals surface area (Å²) < 4.78 is 0. The summed E-state index contributed by atoms with van der Waals surface area (Å²) in [6.45, 7) is 4.92. The predicted molar refractivity (Wildman–Crippen MR) is 70.3 cm³/mol. The van der Waals surface area contributed by atoms with Gasteiger partial charge in [0.15, 0.2) is 0 Å². The number of anilines is 2. The van der Waals surface area contributed by atoms with Crippen molar-refractivity contribution in [1.29, 1.82) is 0 Å². The van der Waals surface area contributed by atoms with Gasteiger partial charge in [0.25, 0.3) is 0 Å². The summed E-state index contributed by atoms with van der Waals surface area (Å²) in [5, 5.41) is 6.50. The smallest absolute Gasteiger partial charge is 0.131 e. The first-order chi connectivity index (χ1) is 8.29. The highest BCUT2D eigenvalue weighted by Crippen LogP contribution is 2.24. The molecule has 0 unspecified atom stereocenters. The molecule has 0 amide bonds. The minimum Gasteiger partial charge on any atom is -0.370 e. The van der Waals surface area contributed by atoms with E-state index in [2.05, 4.69) is 39.5 Å². The van der Waals surface area contributed by atoms with Crippen LogP contribution in [0, 0.1) is 0 Å². The topological polar surface area (TPSA) is 53.1 Å². The van der Waals surface area contributed by atoms with Crippen molar-refractivity contribution in [2.75, 3.05) is 37.3 Å². The van der Waals surface area contributed by atoms with Crippen LogP contribution in [0.15, 0.2) is 12.4 Å². The molecule has 0 saturated heterocycles. The van der Waals surface area contributed by atoms with Crippen molar-refractivity contribution in [3.63, 3.8) is 0 Å². The van der Waals surface area contributed by atoms with Crippen LogP contribution in [0.1, 0.15) is 19.8 Å². The van der Waals surface area contributed by atoms with Crippen LogP contribution in [0.5, 0.6) is 0 Å². The second-order valence-electron chi connectivity index (χ2n) is 4.46. The maximum absolute atomic E-state index is 4.20. The molecular formula is C12H21N5. The Labute approximate surface area is 103 Å². The molecule has 0 spiro atoms. The molecule has 1 aromatic heterocycles. The van der Waals surface area contributed by atoms with E-state index < -0.39 is 0 Å². The summed E-state index contributed by atoms with van der Waals surface area (Å²) in [5.74, 6) is 1.76. The van der Waals surface area contributed by atoms with E-state index in [4.69, 9.17) is 0 Å². The van der Waals surface area contributed by atoms with Crippen LogP contribution in [0.25, 0.3) is 0 Å². The second kappa shape index (κ2) is 5.82. The largest absolute Gasteiger partial charge is 0.370 e. The molecule has 5 heteroatoms. The third-order valence-corrected chi connectivity index (χ3v) is 2.97. The fourth-order valence-corrected chi connectivity index (χ4v) is 1.79. The molecule has 1 heterocycles. The summed E-state index contributed by atoms with van der Waals surface area (Å²) >= 11 is 0. The van der Waals surface area contributed by atoms with Crippen LogP contribution in [-0.2, 0) is 0 Å². The Morgan fingerprint density at radius 3 is 2.65 bits per heavy atom. The van der Waals surface area contributed by atoms with Gasteiger partial charge in [0.2, 0.25) is 0 Å². The number of rotatable bonds is 7. The van der Waals surface area contributed by atoms with Gasteiger partial charge in [0, 0.05) is 31.7 Å². The molecule has 1 aromatic rings. The maximum Gasteiger partial charge on any atom is 0.131 e. The van der Waals surface area contributed by atoms with E-state index in [1.165, 1.54) is 12.8 Å². The van der Waals surface area contributed by atoms with Gasteiger partial charge in [-0.05, 0) is 26.8 Å². The summed E-state index contributed by atoms with van der Waals surface area (Å²) in [7, 11) is 2.18. The van der Waals surface area contributed by atoms with Crippen molar-refractivity contribution >= 4 is 11.6 Å². The van der Waals surface area contributed by atoms with Crippen molar-refractivity contribution in [1.82, 2.24) is 14.9 Å². The molecule has 0 atom stereocenters. The molecule has 94 valence electrons. The molecular weight excluding hydrogens is 214 g/mol. The highest BCUT2D eigenvalue weighted by molar-refractivity contribution is 5.46. The Morgan fingerprint density at radius 1 is 1.29 bits per heavy atom. The molecule has 1 aliphatic carbocycles. The minimum absolute atomic E-state index is 0.819. The average molecular weight is 235 g/mol. The lowest BCUT2D eigenvalue weighted by atomic mass is 10.4. The molecule has 0 aliphatic heterocycles. The zero-order valence-corrected chi connectivity index (χ0v) is 10.6. The van der Waals surface area contributed by atoms with Gasteiger partial charge in [-0.2, -0.15) is 0 Å². The quantitative estimate of drug-likeness (QED) is 0.748. The third-order valence-electron chi connectivity index (χ3n) is 2.97. The normalized spacial score (nSPS) is 15.0. The summed E-state index contributed by atoms with van der Waals surface area (Å²) in [6.07, 6.45) is 4.30. The Morgan fingerprint density at radius 2 is 2.00 bits per heavy atom. The van der Waals surface area contributed by atoms with Gasteiger partial charge >= 0.3 is 0 Å². The van der Waals surface area contributed by atoms with E-state index >= 15 is 0 Å². The Balaban J connectivity index is 1.75. The van der Waals surface area contributed by atoms with Crippen LogP contribution in [0.3, 0.4) is 0 Å². The van der Waals surface area contributed by atoms with Crippen LogP contribution in [0.2, 0.25) is 0 Å². The molecule has 2 N–H and O–H groups in total. The van der Waals surface area contributed by atoms with Crippen LogP contribution in [-0.4, -0.2) is 47.6 Å². The van der Waals surface area contributed by atoms with Crippen molar-refractivity contribution in [3.8, 4) is 0 Å². The molecule has 2 rings (SSSR count). The fourth-order valence-electron chi connectivity index (χ4n) is 1.79. The second-order valence-corrected chi connectivity index (χ2v) is 4.46. The average Bonchev–Trinajstić information content (AvgIpc) is 3.14. The highest BCUT2D eigenvalue weighted by Gasteiger charge is 2.25. The van der Waals surface area contributed by atoms with E-state index in [0.29, 0.717) is 0 Å². The van der Waals surface area contributed by atoms with Crippen molar-refractivity contribution in [2.45, 2.75) is 25.8 Å². The molecule has 1 aliphatic rings. The first-order valence-electron chi connectivity index (χ1n) is 6.29. The van der Waals surface area contributed by atoms with Gasteiger partial charge in [0.05, 0.1) is 0 Å². The Kier molecular flexibility index (Phi) is 4.14. The van der Waals surface area contributed by atoms with E-state index in [1.807, 2.05) is 6.07 Å². The lowest BCUT2D eigenvalue weighted by Crippen LogP contribution is -2.27. The Bertz CT molecular complexity index is 351. The number of likely N-dealkylation sites (N-methyl/N-ethyl adjacent to an activating group) is 1. The molecule has 0 radical (unpaired) electrons. The molecule has 1 saturated carbocycles. The van der Waals surface area contributed by atoms with E-state index in [1.54, 1.807) is 6.33 Å². The van der Waals surface area contributed by atoms with E-state index in [0.717, 1.165) is 37.3 Å². The van der Waals surface area contributed by atoms with Gasteiger partial charge in [-0.3, -0.25) is 0 Å². The van der Waals surface area contributed by atoms with Crippen molar-refractivity contribution in [2.24, 2.45) is 0 Å². The lowest BCUT2D eigenvalue weighted by molar-refractivity contribution is 0.337. The van der Waals surface area contributed by atoms with Gasteiger partial charge in [0.1, 0.15) is 18.0 Å².